The Hall–Kier alpha value is -3.48. The summed E-state index contributed by atoms with van der Waals surface area (Å²) < 4.78 is 0. The molecule has 4 N–H and O–H groups in total. The van der Waals surface area contributed by atoms with Gasteiger partial charge in [0.2, 0.25) is 17.8 Å². The zero-order valence-electron chi connectivity index (χ0n) is 15.8. The molecule has 0 unspecified atom stereocenters. The van der Waals surface area contributed by atoms with E-state index in [0.717, 1.165) is 16.3 Å². The molecule has 0 saturated carbocycles. The highest BCUT2D eigenvalue weighted by Gasteiger charge is 2.31. The monoisotopic (exact) mass is 377 g/mol. The van der Waals surface area contributed by atoms with Gasteiger partial charge in [-0.15, -0.1) is 0 Å². The molecule has 3 aromatic rings. The van der Waals surface area contributed by atoms with E-state index in [1.165, 1.54) is 0 Å². The van der Waals surface area contributed by atoms with Crippen molar-refractivity contribution < 1.29 is 9.59 Å². The molecule has 0 bridgehead atoms. The number of carbonyl (C=O) groups excluding carboxylic acids is 2. The number of fused-ring (bicyclic) bond motifs is 1. The van der Waals surface area contributed by atoms with Gasteiger partial charge >= 0.3 is 0 Å². The van der Waals surface area contributed by atoms with Crippen molar-refractivity contribution in [2.45, 2.75) is 31.8 Å². The van der Waals surface area contributed by atoms with E-state index < -0.39 is 17.5 Å². The molecule has 0 aliphatic heterocycles. The summed E-state index contributed by atoms with van der Waals surface area (Å²) in [6, 6.07) is 14.7. The summed E-state index contributed by atoms with van der Waals surface area (Å²) in [7, 11) is 0. The third-order valence-corrected chi connectivity index (χ3v) is 4.46. The van der Waals surface area contributed by atoms with Gasteiger partial charge in [0, 0.05) is 18.8 Å². The zero-order chi connectivity index (χ0) is 20.1. The molecule has 0 saturated heterocycles. The number of nitrogens with zero attached hydrogens (tertiary/aromatic N) is 2. The first-order chi connectivity index (χ1) is 13.3. The second-order valence-electron chi connectivity index (χ2n) is 7.14. The fourth-order valence-electron chi connectivity index (χ4n) is 2.86. The number of benzene rings is 2. The Morgan fingerprint density at radius 1 is 1.04 bits per heavy atom. The summed E-state index contributed by atoms with van der Waals surface area (Å²) in [5.74, 6) is -0.634. The van der Waals surface area contributed by atoms with Gasteiger partial charge in [0.25, 0.3) is 0 Å². The van der Waals surface area contributed by atoms with Crippen molar-refractivity contribution in [3.63, 3.8) is 0 Å². The minimum Gasteiger partial charge on any atom is -0.368 e. The molecule has 0 radical (unpaired) electrons. The van der Waals surface area contributed by atoms with Crippen LogP contribution in [0.4, 0.5) is 5.95 Å². The van der Waals surface area contributed by atoms with Crippen molar-refractivity contribution in [2.75, 3.05) is 5.32 Å². The summed E-state index contributed by atoms with van der Waals surface area (Å²) in [5, 5.41) is 7.88. The van der Waals surface area contributed by atoms with E-state index in [1.807, 2.05) is 42.5 Å². The maximum atomic E-state index is 12.7. The van der Waals surface area contributed by atoms with Crippen LogP contribution in [0.2, 0.25) is 0 Å². The van der Waals surface area contributed by atoms with E-state index in [4.69, 9.17) is 5.73 Å². The van der Waals surface area contributed by atoms with E-state index in [9.17, 15) is 9.59 Å². The number of nitrogens with one attached hydrogen (secondary N) is 2. The molecule has 1 heterocycles. The van der Waals surface area contributed by atoms with E-state index in [2.05, 4.69) is 20.6 Å². The van der Waals surface area contributed by atoms with E-state index in [-0.39, 0.29) is 5.91 Å². The predicted octanol–water partition coefficient (Wildman–Crippen LogP) is 2.03. The van der Waals surface area contributed by atoms with Gasteiger partial charge in [-0.1, -0.05) is 42.5 Å². The molecule has 0 spiro atoms. The smallest absolute Gasteiger partial charge is 0.245 e. The van der Waals surface area contributed by atoms with E-state index in [0.29, 0.717) is 12.4 Å². The van der Waals surface area contributed by atoms with Crippen LogP contribution in [0.15, 0.2) is 60.9 Å². The van der Waals surface area contributed by atoms with Gasteiger partial charge in [-0.3, -0.25) is 9.59 Å². The molecule has 2 amide bonds. The first-order valence-corrected chi connectivity index (χ1v) is 8.98. The van der Waals surface area contributed by atoms with Crippen LogP contribution in [0.25, 0.3) is 10.8 Å². The van der Waals surface area contributed by atoms with Crippen LogP contribution in [0, 0.1) is 0 Å². The minimum atomic E-state index is -1.03. The first kappa shape index (κ1) is 19.3. The fourth-order valence-corrected chi connectivity index (χ4v) is 2.86. The number of primary amides is 1. The van der Waals surface area contributed by atoms with Crippen molar-refractivity contribution in [3.05, 3.63) is 66.5 Å². The van der Waals surface area contributed by atoms with Gasteiger partial charge in [0.1, 0.15) is 11.6 Å². The lowest BCUT2D eigenvalue weighted by molar-refractivity contribution is -0.129. The van der Waals surface area contributed by atoms with Gasteiger partial charge < -0.3 is 16.4 Å². The Bertz CT molecular complexity index is 988. The van der Waals surface area contributed by atoms with Crippen molar-refractivity contribution in [1.29, 1.82) is 0 Å². The van der Waals surface area contributed by atoms with Crippen molar-refractivity contribution >= 4 is 28.5 Å². The van der Waals surface area contributed by atoms with Gasteiger partial charge in [-0.05, 0) is 36.2 Å². The molecule has 1 aromatic heterocycles. The number of rotatable bonds is 7. The second-order valence-corrected chi connectivity index (χ2v) is 7.14. The summed E-state index contributed by atoms with van der Waals surface area (Å²) >= 11 is 0. The zero-order valence-corrected chi connectivity index (χ0v) is 15.8. The maximum Gasteiger partial charge on any atom is 0.245 e. The number of anilines is 1. The molecule has 0 aliphatic carbocycles. The molecule has 1 atom stereocenters. The van der Waals surface area contributed by atoms with E-state index in [1.54, 1.807) is 32.3 Å². The Labute approximate surface area is 163 Å². The van der Waals surface area contributed by atoms with Gasteiger partial charge in [0.15, 0.2) is 0 Å². The topological polar surface area (TPSA) is 110 Å². The van der Waals surface area contributed by atoms with E-state index >= 15 is 0 Å². The molecule has 28 heavy (non-hydrogen) atoms. The summed E-state index contributed by atoms with van der Waals surface area (Å²) in [4.78, 5) is 32.8. The Morgan fingerprint density at radius 3 is 2.39 bits per heavy atom. The Kier molecular flexibility index (Phi) is 5.54. The SMILES string of the molecule is CC(C)(Nc1ncccn1)C(=O)N[C@@H](Cc1ccc2ccccc2c1)C(N)=O. The average molecular weight is 377 g/mol. The lowest BCUT2D eigenvalue weighted by atomic mass is 9.99. The number of hydrogen-bond donors (Lipinski definition) is 3. The first-order valence-electron chi connectivity index (χ1n) is 8.98. The largest absolute Gasteiger partial charge is 0.368 e. The molecule has 2 aromatic carbocycles. The van der Waals surface area contributed by atoms with Crippen LogP contribution < -0.4 is 16.4 Å². The molecular formula is C21H23N5O2. The molecule has 0 fully saturated rings. The summed E-state index contributed by atoms with van der Waals surface area (Å²) in [6.45, 7) is 3.37. The summed E-state index contributed by atoms with van der Waals surface area (Å²) in [5.41, 5.74) is 5.43. The molecule has 7 heteroatoms. The number of aromatic nitrogens is 2. The van der Waals surface area contributed by atoms with Gasteiger partial charge in [0.05, 0.1) is 0 Å². The minimum absolute atomic E-state index is 0.309. The number of nitrogens with two attached hydrogens (primary N) is 1. The standard InChI is InChI=1S/C21H23N5O2/c1-21(2,26-20-23-10-5-11-24-20)19(28)25-17(18(22)27)13-14-8-9-15-6-3-4-7-16(15)12-14/h3-12,17H,13H2,1-2H3,(H2,22,27)(H,25,28)(H,23,24,26)/t17-/m0/s1. The molecular weight excluding hydrogens is 354 g/mol. The van der Waals surface area contributed by atoms with Crippen LogP contribution in [-0.4, -0.2) is 33.4 Å². The van der Waals surface area contributed by atoms with Crippen molar-refractivity contribution in [1.82, 2.24) is 15.3 Å². The van der Waals surface area contributed by atoms with Crippen LogP contribution in [0.5, 0.6) is 0 Å². The van der Waals surface area contributed by atoms with Crippen LogP contribution in [0.3, 0.4) is 0 Å². The molecule has 144 valence electrons. The third-order valence-electron chi connectivity index (χ3n) is 4.46. The Morgan fingerprint density at radius 2 is 1.71 bits per heavy atom. The van der Waals surface area contributed by atoms with Gasteiger partial charge in [-0.2, -0.15) is 0 Å². The third kappa shape index (κ3) is 4.62. The van der Waals surface area contributed by atoms with Crippen LogP contribution >= 0.6 is 0 Å². The average Bonchev–Trinajstić information content (AvgIpc) is 2.67. The lowest BCUT2D eigenvalue weighted by Gasteiger charge is -2.27. The van der Waals surface area contributed by atoms with Crippen LogP contribution in [0.1, 0.15) is 19.4 Å². The van der Waals surface area contributed by atoms with Crippen LogP contribution in [-0.2, 0) is 16.0 Å². The number of carbonyl (C=O) groups is 2. The molecule has 7 nitrogen and oxygen atoms in total. The van der Waals surface area contributed by atoms with Crippen molar-refractivity contribution in [3.8, 4) is 0 Å². The highest BCUT2D eigenvalue weighted by molar-refractivity contribution is 5.93. The summed E-state index contributed by atoms with van der Waals surface area (Å²) in [6.07, 6.45) is 3.47. The van der Waals surface area contributed by atoms with Gasteiger partial charge in [-0.25, -0.2) is 9.97 Å². The fraction of sp³-hybridized carbons (Fsp3) is 0.238. The Balaban J connectivity index is 1.72. The normalized spacial score (nSPS) is 12.4. The quantitative estimate of drug-likeness (QED) is 0.584. The number of hydrogen-bond acceptors (Lipinski definition) is 5. The second kappa shape index (κ2) is 8.04. The highest BCUT2D eigenvalue weighted by Crippen LogP contribution is 2.17. The molecule has 3 rings (SSSR count). The highest BCUT2D eigenvalue weighted by atomic mass is 16.2. The predicted molar refractivity (Wildman–Crippen MR) is 109 cm³/mol. The lowest BCUT2D eigenvalue weighted by Crippen LogP contribution is -2.55. The van der Waals surface area contributed by atoms with Crippen molar-refractivity contribution in [2.24, 2.45) is 5.73 Å². The maximum absolute atomic E-state index is 12.7. The molecule has 0 aliphatic rings. The number of amides is 2.